The molecule has 0 aromatic carbocycles. The first kappa shape index (κ1) is 17.0. The van der Waals surface area contributed by atoms with Crippen LogP contribution in [0.5, 0.6) is 0 Å². The van der Waals surface area contributed by atoms with Crippen LogP contribution in [0.15, 0.2) is 0 Å². The van der Waals surface area contributed by atoms with Gasteiger partial charge in [-0.25, -0.2) is 0 Å². The van der Waals surface area contributed by atoms with Crippen LogP contribution in [0.4, 0.5) is 0 Å². The molecule has 19 heavy (non-hydrogen) atoms. The molecular formula is C17H36N2. The number of likely N-dealkylation sites (tertiary alicyclic amines) is 1. The first-order valence-corrected chi connectivity index (χ1v) is 8.52. The summed E-state index contributed by atoms with van der Waals surface area (Å²) < 4.78 is 0. The highest BCUT2D eigenvalue weighted by Crippen LogP contribution is 2.26. The Kier molecular flexibility index (Phi) is 8.01. The van der Waals surface area contributed by atoms with Crippen molar-refractivity contribution < 1.29 is 0 Å². The zero-order chi connectivity index (χ0) is 14.3. The van der Waals surface area contributed by atoms with Gasteiger partial charge in [0.25, 0.3) is 0 Å². The average molecular weight is 268 g/mol. The number of unbranched alkanes of at least 4 members (excludes halogenated alkanes) is 2. The Morgan fingerprint density at radius 1 is 1.21 bits per heavy atom. The van der Waals surface area contributed by atoms with Crippen molar-refractivity contribution in [2.75, 3.05) is 19.6 Å². The van der Waals surface area contributed by atoms with Gasteiger partial charge >= 0.3 is 0 Å². The summed E-state index contributed by atoms with van der Waals surface area (Å²) in [6.45, 7) is 15.5. The van der Waals surface area contributed by atoms with Crippen molar-refractivity contribution >= 4 is 0 Å². The highest BCUT2D eigenvalue weighted by atomic mass is 15.2. The maximum Gasteiger partial charge on any atom is 0.0110 e. The Labute approximate surface area is 121 Å². The van der Waals surface area contributed by atoms with Crippen LogP contribution in [-0.4, -0.2) is 36.6 Å². The van der Waals surface area contributed by atoms with Gasteiger partial charge in [0, 0.05) is 31.7 Å². The van der Waals surface area contributed by atoms with Crippen molar-refractivity contribution in [3.05, 3.63) is 0 Å². The van der Waals surface area contributed by atoms with Crippen LogP contribution in [0, 0.1) is 11.8 Å². The second kappa shape index (κ2) is 8.97. The van der Waals surface area contributed by atoms with Crippen LogP contribution in [0.2, 0.25) is 0 Å². The zero-order valence-electron chi connectivity index (χ0n) is 13.9. The molecule has 114 valence electrons. The van der Waals surface area contributed by atoms with E-state index in [1.807, 2.05) is 0 Å². The summed E-state index contributed by atoms with van der Waals surface area (Å²) in [4.78, 5) is 2.69. The maximum atomic E-state index is 3.70. The largest absolute Gasteiger partial charge is 0.313 e. The number of piperidine rings is 1. The first-order chi connectivity index (χ1) is 9.04. The molecule has 0 aromatic heterocycles. The molecule has 0 saturated carbocycles. The molecule has 1 saturated heterocycles. The van der Waals surface area contributed by atoms with E-state index in [9.17, 15) is 0 Å². The van der Waals surface area contributed by atoms with E-state index in [-0.39, 0.29) is 0 Å². The molecule has 0 aromatic rings. The standard InChI is InChI=1S/C17H36N2/c1-6-7-8-9-16(4)18-10-11-19-13-14(2)12-15(3)17(19)5/h14-18H,6-13H2,1-5H3. The molecule has 0 aliphatic carbocycles. The second-order valence-electron chi connectivity index (χ2n) is 6.90. The lowest BCUT2D eigenvalue weighted by Gasteiger charge is -2.41. The summed E-state index contributed by atoms with van der Waals surface area (Å²) >= 11 is 0. The Morgan fingerprint density at radius 3 is 2.63 bits per heavy atom. The molecule has 4 atom stereocenters. The van der Waals surface area contributed by atoms with Crippen molar-refractivity contribution in [2.24, 2.45) is 11.8 Å². The predicted molar refractivity (Wildman–Crippen MR) is 85.6 cm³/mol. The lowest BCUT2D eigenvalue weighted by atomic mass is 9.86. The average Bonchev–Trinajstić information content (AvgIpc) is 2.35. The van der Waals surface area contributed by atoms with E-state index in [1.54, 1.807) is 0 Å². The van der Waals surface area contributed by atoms with Gasteiger partial charge in [0.2, 0.25) is 0 Å². The van der Waals surface area contributed by atoms with Crippen LogP contribution in [0.3, 0.4) is 0 Å². The summed E-state index contributed by atoms with van der Waals surface area (Å²) in [6.07, 6.45) is 6.81. The second-order valence-corrected chi connectivity index (χ2v) is 6.90. The fourth-order valence-corrected chi connectivity index (χ4v) is 3.38. The fourth-order valence-electron chi connectivity index (χ4n) is 3.38. The van der Waals surface area contributed by atoms with Crippen molar-refractivity contribution in [1.29, 1.82) is 0 Å². The molecule has 1 N–H and O–H groups in total. The van der Waals surface area contributed by atoms with E-state index in [0.717, 1.165) is 24.4 Å². The molecule has 0 spiro atoms. The van der Waals surface area contributed by atoms with E-state index >= 15 is 0 Å². The number of nitrogens with one attached hydrogen (secondary N) is 1. The molecule has 1 aliphatic rings. The molecule has 1 rings (SSSR count). The third-order valence-electron chi connectivity index (χ3n) is 4.85. The Morgan fingerprint density at radius 2 is 1.95 bits per heavy atom. The van der Waals surface area contributed by atoms with Gasteiger partial charge < -0.3 is 5.32 Å². The maximum absolute atomic E-state index is 3.70. The minimum absolute atomic E-state index is 0.682. The third-order valence-corrected chi connectivity index (χ3v) is 4.85. The third kappa shape index (κ3) is 6.27. The SMILES string of the molecule is CCCCCC(C)NCCN1CC(C)CC(C)C1C. The van der Waals surface area contributed by atoms with Gasteiger partial charge in [-0.15, -0.1) is 0 Å². The molecule has 1 aliphatic heterocycles. The molecular weight excluding hydrogens is 232 g/mol. The van der Waals surface area contributed by atoms with Gasteiger partial charge in [-0.2, -0.15) is 0 Å². The quantitative estimate of drug-likeness (QED) is 0.671. The molecule has 0 bridgehead atoms. The van der Waals surface area contributed by atoms with E-state index in [4.69, 9.17) is 0 Å². The van der Waals surface area contributed by atoms with Crippen molar-refractivity contribution in [3.63, 3.8) is 0 Å². The van der Waals surface area contributed by atoms with Crippen LogP contribution in [-0.2, 0) is 0 Å². The summed E-state index contributed by atoms with van der Waals surface area (Å²) in [5.41, 5.74) is 0. The number of nitrogens with zero attached hydrogens (tertiary/aromatic N) is 1. The van der Waals surface area contributed by atoms with Gasteiger partial charge in [-0.3, -0.25) is 4.90 Å². The molecule has 0 radical (unpaired) electrons. The fraction of sp³-hybridized carbons (Fsp3) is 1.00. The molecule has 1 fully saturated rings. The molecule has 0 amide bonds. The topological polar surface area (TPSA) is 15.3 Å². The van der Waals surface area contributed by atoms with Crippen LogP contribution < -0.4 is 5.32 Å². The van der Waals surface area contributed by atoms with Crippen molar-refractivity contribution in [3.8, 4) is 0 Å². The predicted octanol–water partition coefficient (Wildman–Crippen LogP) is 3.91. The lowest BCUT2D eigenvalue weighted by Crippen LogP contribution is -2.48. The van der Waals surface area contributed by atoms with Gasteiger partial charge in [0.1, 0.15) is 0 Å². The van der Waals surface area contributed by atoms with Crippen LogP contribution >= 0.6 is 0 Å². The smallest absolute Gasteiger partial charge is 0.0110 e. The first-order valence-electron chi connectivity index (χ1n) is 8.52. The minimum Gasteiger partial charge on any atom is -0.313 e. The monoisotopic (exact) mass is 268 g/mol. The molecule has 1 heterocycles. The van der Waals surface area contributed by atoms with Crippen molar-refractivity contribution in [1.82, 2.24) is 10.2 Å². The number of rotatable bonds is 8. The van der Waals surface area contributed by atoms with E-state index in [0.29, 0.717) is 6.04 Å². The number of hydrogen-bond acceptors (Lipinski definition) is 2. The van der Waals surface area contributed by atoms with Crippen LogP contribution in [0.25, 0.3) is 0 Å². The van der Waals surface area contributed by atoms with E-state index in [1.165, 1.54) is 45.2 Å². The van der Waals surface area contributed by atoms with Gasteiger partial charge in [-0.05, 0) is 38.5 Å². The highest BCUT2D eigenvalue weighted by Gasteiger charge is 2.28. The Bertz CT molecular complexity index is 229. The lowest BCUT2D eigenvalue weighted by molar-refractivity contribution is 0.0800. The summed E-state index contributed by atoms with van der Waals surface area (Å²) in [6, 6.07) is 1.44. The van der Waals surface area contributed by atoms with Gasteiger partial charge in [0.05, 0.1) is 0 Å². The summed E-state index contributed by atoms with van der Waals surface area (Å²) in [5.74, 6) is 1.72. The molecule has 2 heteroatoms. The van der Waals surface area contributed by atoms with Crippen molar-refractivity contribution in [2.45, 2.75) is 78.8 Å². The number of hydrogen-bond donors (Lipinski definition) is 1. The molecule has 2 nitrogen and oxygen atoms in total. The summed E-state index contributed by atoms with van der Waals surface area (Å²) in [7, 11) is 0. The van der Waals surface area contributed by atoms with E-state index in [2.05, 4.69) is 44.8 Å². The summed E-state index contributed by atoms with van der Waals surface area (Å²) in [5, 5.41) is 3.70. The zero-order valence-corrected chi connectivity index (χ0v) is 13.9. The minimum atomic E-state index is 0.682. The Hall–Kier alpha value is -0.0800. The van der Waals surface area contributed by atoms with Gasteiger partial charge in [-0.1, -0.05) is 40.0 Å². The molecule has 4 unspecified atom stereocenters. The normalized spacial score (nSPS) is 30.5. The highest BCUT2D eigenvalue weighted by molar-refractivity contribution is 4.82. The van der Waals surface area contributed by atoms with Gasteiger partial charge in [0.15, 0.2) is 0 Å². The van der Waals surface area contributed by atoms with E-state index < -0.39 is 0 Å². The van der Waals surface area contributed by atoms with Crippen LogP contribution in [0.1, 0.15) is 66.7 Å². The Balaban J connectivity index is 2.17.